The topological polar surface area (TPSA) is 43.4 Å². The fourth-order valence-corrected chi connectivity index (χ4v) is 8.44. The summed E-state index contributed by atoms with van der Waals surface area (Å²) in [4.78, 5) is 25.3. The Kier molecular flexibility index (Phi) is 5.72. The third-order valence-corrected chi connectivity index (χ3v) is 10.0. The van der Waals surface area contributed by atoms with Crippen LogP contribution >= 0.6 is 0 Å². The second-order valence-corrected chi connectivity index (χ2v) is 10.9. The standard InChI is InChI=1S/C26H40O3/c1-5-18-19-10-6-7-15-26(19,3)21-14-16-25(2)17(9-8-11-22(27)29-4)12-13-20(25)23(21)24(18)28/h5,17,19-21,23H,6-16H2,1-4H3/b18-5+/t17-,19?,20?,21?,23?,25+,26-/m0/s1. The first-order valence-electron chi connectivity index (χ1n) is 12.1. The van der Waals surface area contributed by atoms with Gasteiger partial charge in [0.15, 0.2) is 5.78 Å². The van der Waals surface area contributed by atoms with E-state index in [0.29, 0.717) is 41.3 Å². The number of carbonyl (C=O) groups is 2. The van der Waals surface area contributed by atoms with Gasteiger partial charge in [-0.3, -0.25) is 9.59 Å². The fourth-order valence-electron chi connectivity index (χ4n) is 8.44. The normalized spacial score (nSPS) is 45.4. The second kappa shape index (κ2) is 7.85. The first kappa shape index (κ1) is 21.1. The van der Waals surface area contributed by atoms with Gasteiger partial charge in [-0.1, -0.05) is 32.8 Å². The number of ketones is 1. The molecule has 0 spiro atoms. The molecule has 0 aromatic rings. The third-order valence-electron chi connectivity index (χ3n) is 10.0. The predicted molar refractivity (Wildman–Crippen MR) is 115 cm³/mol. The van der Waals surface area contributed by atoms with Crippen LogP contribution in [0, 0.1) is 40.4 Å². The number of rotatable bonds is 4. The lowest BCUT2D eigenvalue weighted by molar-refractivity contribution is -0.145. The van der Waals surface area contributed by atoms with Crippen molar-refractivity contribution in [3.8, 4) is 0 Å². The molecule has 29 heavy (non-hydrogen) atoms. The Morgan fingerprint density at radius 2 is 1.83 bits per heavy atom. The van der Waals surface area contributed by atoms with Gasteiger partial charge in [-0.15, -0.1) is 0 Å². The minimum atomic E-state index is -0.0927. The molecule has 4 rings (SSSR count). The van der Waals surface area contributed by atoms with E-state index >= 15 is 0 Å². The summed E-state index contributed by atoms with van der Waals surface area (Å²) in [6.07, 6.45) is 14.8. The molecule has 0 saturated heterocycles. The number of methoxy groups -OCH3 is 1. The number of ether oxygens (including phenoxy) is 1. The monoisotopic (exact) mass is 400 g/mol. The number of hydrogen-bond donors (Lipinski definition) is 0. The van der Waals surface area contributed by atoms with Crippen LogP contribution in [0.3, 0.4) is 0 Å². The summed E-state index contributed by atoms with van der Waals surface area (Å²) in [5.74, 6) is 2.92. The lowest BCUT2D eigenvalue weighted by Gasteiger charge is -2.60. The molecule has 4 aliphatic rings. The van der Waals surface area contributed by atoms with Gasteiger partial charge >= 0.3 is 5.97 Å². The molecule has 4 fully saturated rings. The Morgan fingerprint density at radius 1 is 1.07 bits per heavy atom. The average Bonchev–Trinajstić information content (AvgIpc) is 3.05. The molecule has 0 amide bonds. The minimum Gasteiger partial charge on any atom is -0.469 e. The molecule has 4 saturated carbocycles. The predicted octanol–water partition coefficient (Wildman–Crippen LogP) is 6.11. The first-order chi connectivity index (χ1) is 13.9. The van der Waals surface area contributed by atoms with E-state index in [0.717, 1.165) is 12.8 Å². The molecule has 3 heteroatoms. The number of Topliss-reactive ketones (excluding diaryl/α,β-unsaturated/α-hetero) is 1. The molecular formula is C26H40O3. The molecule has 4 aliphatic carbocycles. The van der Waals surface area contributed by atoms with Crippen LogP contribution in [-0.2, 0) is 14.3 Å². The SMILES string of the molecule is C/C=C1/C(=O)C2C(CC[C@@]3(C)C2CC[C@@H]3CCCC(=O)OC)[C@@]2(C)CCCCC12. The third kappa shape index (κ3) is 3.22. The number of allylic oxidation sites excluding steroid dienone is 2. The molecule has 0 aliphatic heterocycles. The molecule has 4 unspecified atom stereocenters. The number of carbonyl (C=O) groups excluding carboxylic acids is 2. The van der Waals surface area contributed by atoms with E-state index in [4.69, 9.17) is 4.74 Å². The van der Waals surface area contributed by atoms with Gasteiger partial charge in [-0.05, 0) is 98.4 Å². The fraction of sp³-hybridized carbons (Fsp3) is 0.846. The maximum atomic E-state index is 13.8. The van der Waals surface area contributed by atoms with Gasteiger partial charge < -0.3 is 4.74 Å². The van der Waals surface area contributed by atoms with Crippen LogP contribution in [-0.4, -0.2) is 18.9 Å². The van der Waals surface area contributed by atoms with Crippen LogP contribution in [0.5, 0.6) is 0 Å². The molecule has 162 valence electrons. The van der Waals surface area contributed by atoms with E-state index in [1.165, 1.54) is 64.0 Å². The molecule has 7 atom stereocenters. The van der Waals surface area contributed by atoms with E-state index in [9.17, 15) is 9.59 Å². The molecule has 0 aromatic carbocycles. The molecule has 0 heterocycles. The molecule has 0 bridgehead atoms. The van der Waals surface area contributed by atoms with Gasteiger partial charge in [0.1, 0.15) is 0 Å². The number of fused-ring (bicyclic) bond motifs is 5. The Bertz CT molecular complexity index is 694. The zero-order valence-corrected chi connectivity index (χ0v) is 19.0. The van der Waals surface area contributed by atoms with Gasteiger partial charge in [-0.25, -0.2) is 0 Å². The van der Waals surface area contributed by atoms with Crippen molar-refractivity contribution in [2.75, 3.05) is 7.11 Å². The van der Waals surface area contributed by atoms with E-state index in [1.807, 2.05) is 0 Å². The van der Waals surface area contributed by atoms with Gasteiger partial charge in [0.05, 0.1) is 7.11 Å². The van der Waals surface area contributed by atoms with Crippen LogP contribution in [0.15, 0.2) is 11.6 Å². The van der Waals surface area contributed by atoms with E-state index in [2.05, 4.69) is 26.8 Å². The Hall–Kier alpha value is -1.12. The summed E-state index contributed by atoms with van der Waals surface area (Å²) in [5, 5.41) is 0. The Labute approximate surface area is 177 Å². The second-order valence-electron chi connectivity index (χ2n) is 10.9. The van der Waals surface area contributed by atoms with Gasteiger partial charge in [0.25, 0.3) is 0 Å². The highest BCUT2D eigenvalue weighted by atomic mass is 16.5. The van der Waals surface area contributed by atoms with E-state index in [1.54, 1.807) is 0 Å². The summed E-state index contributed by atoms with van der Waals surface area (Å²) in [6.45, 7) is 7.09. The molecule has 0 radical (unpaired) electrons. The van der Waals surface area contributed by atoms with Crippen molar-refractivity contribution in [3.63, 3.8) is 0 Å². The van der Waals surface area contributed by atoms with Crippen molar-refractivity contribution in [1.29, 1.82) is 0 Å². The average molecular weight is 401 g/mol. The largest absolute Gasteiger partial charge is 0.469 e. The number of esters is 1. The number of hydrogen-bond acceptors (Lipinski definition) is 3. The minimum absolute atomic E-state index is 0.0927. The van der Waals surface area contributed by atoms with Crippen molar-refractivity contribution >= 4 is 11.8 Å². The lowest BCUT2D eigenvalue weighted by atomic mass is 9.43. The lowest BCUT2D eigenvalue weighted by Crippen LogP contribution is -2.57. The van der Waals surface area contributed by atoms with Crippen molar-refractivity contribution in [2.45, 2.75) is 91.4 Å². The maximum absolute atomic E-state index is 13.8. The zero-order chi connectivity index (χ0) is 20.8. The van der Waals surface area contributed by atoms with Crippen molar-refractivity contribution in [2.24, 2.45) is 40.4 Å². The molecule has 3 nitrogen and oxygen atoms in total. The highest BCUT2D eigenvalue weighted by molar-refractivity contribution is 5.99. The Morgan fingerprint density at radius 3 is 2.55 bits per heavy atom. The summed E-state index contributed by atoms with van der Waals surface area (Å²) in [5.41, 5.74) is 1.76. The van der Waals surface area contributed by atoms with Crippen LogP contribution in [0.4, 0.5) is 0 Å². The maximum Gasteiger partial charge on any atom is 0.305 e. The quantitative estimate of drug-likeness (QED) is 0.422. The van der Waals surface area contributed by atoms with Crippen LogP contribution in [0.2, 0.25) is 0 Å². The molecule has 0 aromatic heterocycles. The Balaban J connectivity index is 1.58. The summed E-state index contributed by atoms with van der Waals surface area (Å²) < 4.78 is 4.83. The summed E-state index contributed by atoms with van der Waals surface area (Å²) in [7, 11) is 1.48. The van der Waals surface area contributed by atoms with Crippen molar-refractivity contribution < 1.29 is 14.3 Å². The van der Waals surface area contributed by atoms with Gasteiger partial charge in [0.2, 0.25) is 0 Å². The van der Waals surface area contributed by atoms with Crippen LogP contribution in [0.25, 0.3) is 0 Å². The smallest absolute Gasteiger partial charge is 0.305 e. The molecule has 0 N–H and O–H groups in total. The highest BCUT2D eigenvalue weighted by Crippen LogP contribution is 2.67. The summed E-state index contributed by atoms with van der Waals surface area (Å²) in [6, 6.07) is 0. The van der Waals surface area contributed by atoms with E-state index < -0.39 is 0 Å². The van der Waals surface area contributed by atoms with Gasteiger partial charge in [-0.2, -0.15) is 0 Å². The van der Waals surface area contributed by atoms with Gasteiger partial charge in [0, 0.05) is 12.3 Å². The van der Waals surface area contributed by atoms with Crippen LogP contribution < -0.4 is 0 Å². The van der Waals surface area contributed by atoms with Crippen molar-refractivity contribution in [3.05, 3.63) is 11.6 Å². The zero-order valence-electron chi connectivity index (χ0n) is 19.0. The first-order valence-corrected chi connectivity index (χ1v) is 12.1. The van der Waals surface area contributed by atoms with Crippen molar-refractivity contribution in [1.82, 2.24) is 0 Å². The van der Waals surface area contributed by atoms with E-state index in [-0.39, 0.29) is 17.3 Å². The van der Waals surface area contributed by atoms with Crippen LogP contribution in [0.1, 0.15) is 91.4 Å². The highest BCUT2D eigenvalue weighted by Gasteiger charge is 2.63. The molecular weight excluding hydrogens is 360 g/mol. The summed E-state index contributed by atoms with van der Waals surface area (Å²) >= 11 is 0.